The van der Waals surface area contributed by atoms with Gasteiger partial charge in [-0.2, -0.15) is 13.1 Å². The second-order valence-electron chi connectivity index (χ2n) is 4.75. The van der Waals surface area contributed by atoms with E-state index in [1.165, 1.54) is 0 Å². The summed E-state index contributed by atoms with van der Waals surface area (Å²) in [6.07, 6.45) is 3.65. The molecule has 0 saturated carbocycles. The minimum atomic E-state index is -4.42. The van der Waals surface area contributed by atoms with Gasteiger partial charge in [0.15, 0.2) is 0 Å². The quantitative estimate of drug-likeness (QED) is 0.702. The van der Waals surface area contributed by atoms with Gasteiger partial charge in [-0.25, -0.2) is 8.42 Å². The number of hydrogen-bond donors (Lipinski definition) is 1. The molecule has 0 amide bonds. The van der Waals surface area contributed by atoms with Gasteiger partial charge in [0.25, 0.3) is 10.0 Å². The van der Waals surface area contributed by atoms with Crippen LogP contribution in [0.25, 0.3) is 0 Å². The van der Waals surface area contributed by atoms with Crippen LogP contribution in [-0.4, -0.2) is 62.6 Å². The molecule has 1 rings (SSSR count). The smallest absolute Gasteiger partial charge is 0.330 e. The van der Waals surface area contributed by atoms with Crippen LogP contribution in [0.5, 0.6) is 0 Å². The van der Waals surface area contributed by atoms with Gasteiger partial charge in [0, 0.05) is 19.6 Å². The molecule has 0 unspecified atom stereocenters. The highest BCUT2D eigenvalue weighted by Gasteiger charge is 2.32. The number of rotatable bonds is 7. The van der Waals surface area contributed by atoms with E-state index in [1.807, 2.05) is 0 Å². The number of hydrogen-bond acceptors (Lipinski definition) is 4. The van der Waals surface area contributed by atoms with Crippen molar-refractivity contribution in [3.63, 3.8) is 0 Å². The highest BCUT2D eigenvalue weighted by atomic mass is 32.2. The molecule has 2 N–H and O–H groups in total. The molecule has 1 aliphatic rings. The highest BCUT2D eigenvalue weighted by molar-refractivity contribution is 7.89. The first kappa shape index (κ1) is 16.7. The van der Waals surface area contributed by atoms with Gasteiger partial charge in [-0.15, -0.1) is 0 Å². The standard InChI is InChI=1S/C11H23F2N3O2S/c12-11(13)19(17,18)16-8-4-7-15(9-10-16)6-3-1-2-5-14/h11H,1-10,14H2. The number of halogens is 2. The van der Waals surface area contributed by atoms with E-state index in [4.69, 9.17) is 5.73 Å². The molecule has 0 aromatic heterocycles. The van der Waals surface area contributed by atoms with Gasteiger partial charge in [0.1, 0.15) is 0 Å². The zero-order valence-electron chi connectivity index (χ0n) is 11.1. The molecule has 0 aromatic rings. The zero-order chi connectivity index (χ0) is 14.3. The maximum absolute atomic E-state index is 12.5. The van der Waals surface area contributed by atoms with Crippen molar-refractivity contribution in [2.45, 2.75) is 31.4 Å². The number of nitrogens with zero attached hydrogens (tertiary/aromatic N) is 2. The van der Waals surface area contributed by atoms with E-state index in [0.717, 1.165) is 36.7 Å². The first-order valence-corrected chi connectivity index (χ1v) is 8.18. The lowest BCUT2D eigenvalue weighted by Crippen LogP contribution is -2.38. The monoisotopic (exact) mass is 299 g/mol. The lowest BCUT2D eigenvalue weighted by atomic mass is 10.2. The summed E-state index contributed by atoms with van der Waals surface area (Å²) in [6.45, 7) is 3.19. The van der Waals surface area contributed by atoms with Crippen LogP contribution in [0.2, 0.25) is 0 Å². The molecule has 0 atom stereocenters. The van der Waals surface area contributed by atoms with Crippen LogP contribution in [0.1, 0.15) is 25.7 Å². The first-order chi connectivity index (χ1) is 8.98. The molecule has 8 heteroatoms. The number of alkyl halides is 2. The van der Waals surface area contributed by atoms with E-state index in [1.54, 1.807) is 0 Å². The lowest BCUT2D eigenvalue weighted by molar-refractivity contribution is 0.218. The van der Waals surface area contributed by atoms with Crippen LogP contribution < -0.4 is 5.73 Å². The molecule has 1 aliphatic heterocycles. The largest absolute Gasteiger partial charge is 0.350 e. The Morgan fingerprint density at radius 2 is 1.79 bits per heavy atom. The van der Waals surface area contributed by atoms with Crippen LogP contribution in [0, 0.1) is 0 Å². The van der Waals surface area contributed by atoms with E-state index in [9.17, 15) is 17.2 Å². The van der Waals surface area contributed by atoms with E-state index >= 15 is 0 Å². The van der Waals surface area contributed by atoms with Crippen molar-refractivity contribution in [3.05, 3.63) is 0 Å². The Kier molecular flexibility index (Phi) is 7.12. The SMILES string of the molecule is NCCCCCN1CCCN(S(=O)(=O)C(F)F)CC1. The third-order valence-corrected chi connectivity index (χ3v) is 4.85. The van der Waals surface area contributed by atoms with Crippen LogP contribution in [0.4, 0.5) is 8.78 Å². The maximum atomic E-state index is 12.5. The number of nitrogens with two attached hydrogens (primary N) is 1. The fourth-order valence-corrected chi connectivity index (χ4v) is 3.14. The molecule has 0 bridgehead atoms. The van der Waals surface area contributed by atoms with E-state index in [0.29, 0.717) is 19.5 Å². The Balaban J connectivity index is 2.39. The van der Waals surface area contributed by atoms with Crippen LogP contribution in [0.3, 0.4) is 0 Å². The van der Waals surface area contributed by atoms with Crippen LogP contribution >= 0.6 is 0 Å². The third kappa shape index (κ3) is 5.29. The minimum Gasteiger partial charge on any atom is -0.330 e. The van der Waals surface area contributed by atoms with Gasteiger partial charge in [0.05, 0.1) is 0 Å². The summed E-state index contributed by atoms with van der Waals surface area (Å²) in [6, 6.07) is 0. The summed E-state index contributed by atoms with van der Waals surface area (Å²) in [4.78, 5) is 2.14. The molecule has 0 aliphatic carbocycles. The Labute approximate surface area is 113 Å². The van der Waals surface area contributed by atoms with Crippen molar-refractivity contribution >= 4 is 10.0 Å². The fraction of sp³-hybridized carbons (Fsp3) is 1.00. The molecule has 1 fully saturated rings. The Morgan fingerprint density at radius 3 is 2.42 bits per heavy atom. The Morgan fingerprint density at radius 1 is 1.05 bits per heavy atom. The van der Waals surface area contributed by atoms with Gasteiger partial charge in [-0.3, -0.25) is 0 Å². The van der Waals surface area contributed by atoms with Crippen molar-refractivity contribution < 1.29 is 17.2 Å². The summed E-state index contributed by atoms with van der Waals surface area (Å²) >= 11 is 0. The molecule has 0 radical (unpaired) electrons. The van der Waals surface area contributed by atoms with Crippen molar-refractivity contribution in [2.75, 3.05) is 39.3 Å². The summed E-state index contributed by atoms with van der Waals surface area (Å²) in [5, 5.41) is 0. The topological polar surface area (TPSA) is 66.6 Å². The molecular weight excluding hydrogens is 276 g/mol. The van der Waals surface area contributed by atoms with E-state index < -0.39 is 15.8 Å². The van der Waals surface area contributed by atoms with Gasteiger partial charge >= 0.3 is 5.76 Å². The van der Waals surface area contributed by atoms with Crippen LogP contribution in [-0.2, 0) is 10.0 Å². The summed E-state index contributed by atoms with van der Waals surface area (Å²) in [5.74, 6) is -3.32. The molecule has 114 valence electrons. The predicted molar refractivity (Wildman–Crippen MR) is 70.5 cm³/mol. The average Bonchev–Trinajstić information content (AvgIpc) is 2.60. The second kappa shape index (κ2) is 8.08. The third-order valence-electron chi connectivity index (χ3n) is 3.31. The Hall–Kier alpha value is -0.310. The molecule has 0 spiro atoms. The van der Waals surface area contributed by atoms with E-state index in [-0.39, 0.29) is 13.1 Å². The number of unbranched alkanes of at least 4 members (excludes halogenated alkanes) is 2. The molecular formula is C11H23F2N3O2S. The van der Waals surface area contributed by atoms with Crippen molar-refractivity contribution in [2.24, 2.45) is 5.73 Å². The second-order valence-corrected chi connectivity index (χ2v) is 6.65. The van der Waals surface area contributed by atoms with Crippen molar-refractivity contribution in [1.29, 1.82) is 0 Å². The zero-order valence-corrected chi connectivity index (χ0v) is 11.9. The molecule has 1 saturated heterocycles. The summed E-state index contributed by atoms with van der Waals surface area (Å²) in [5.41, 5.74) is 5.41. The average molecular weight is 299 g/mol. The van der Waals surface area contributed by atoms with Gasteiger partial charge in [-0.1, -0.05) is 6.42 Å². The van der Waals surface area contributed by atoms with Crippen LogP contribution in [0.15, 0.2) is 0 Å². The normalized spacial score (nSPS) is 19.8. The summed E-state index contributed by atoms with van der Waals surface area (Å²) < 4.78 is 48.6. The molecule has 1 heterocycles. The van der Waals surface area contributed by atoms with Crippen molar-refractivity contribution in [1.82, 2.24) is 9.21 Å². The lowest BCUT2D eigenvalue weighted by Gasteiger charge is -2.21. The van der Waals surface area contributed by atoms with Gasteiger partial charge < -0.3 is 10.6 Å². The van der Waals surface area contributed by atoms with Crippen molar-refractivity contribution in [3.8, 4) is 0 Å². The molecule has 19 heavy (non-hydrogen) atoms. The maximum Gasteiger partial charge on any atom is 0.350 e. The van der Waals surface area contributed by atoms with Gasteiger partial charge in [-0.05, 0) is 38.9 Å². The Bertz CT molecular complexity index is 352. The first-order valence-electron chi connectivity index (χ1n) is 6.68. The van der Waals surface area contributed by atoms with E-state index in [2.05, 4.69) is 4.90 Å². The summed E-state index contributed by atoms with van der Waals surface area (Å²) in [7, 11) is -4.42. The molecule has 5 nitrogen and oxygen atoms in total. The minimum absolute atomic E-state index is 0.156. The predicted octanol–water partition coefficient (Wildman–Crippen LogP) is 0.676. The molecule has 0 aromatic carbocycles. The van der Waals surface area contributed by atoms with Gasteiger partial charge in [0.2, 0.25) is 0 Å². The highest BCUT2D eigenvalue weighted by Crippen LogP contribution is 2.15. The number of sulfonamides is 1. The fourth-order valence-electron chi connectivity index (χ4n) is 2.19.